The van der Waals surface area contributed by atoms with Crippen molar-refractivity contribution in [2.24, 2.45) is 0 Å². The van der Waals surface area contributed by atoms with Gasteiger partial charge in [0.05, 0.1) is 18.3 Å². The first-order valence-electron chi connectivity index (χ1n) is 8.97. The van der Waals surface area contributed by atoms with Crippen molar-refractivity contribution in [1.82, 2.24) is 4.40 Å². The van der Waals surface area contributed by atoms with Crippen molar-refractivity contribution in [3.63, 3.8) is 0 Å². The molecule has 28 heavy (non-hydrogen) atoms. The van der Waals surface area contributed by atoms with E-state index in [-0.39, 0.29) is 5.78 Å². The molecule has 4 rings (SSSR count). The lowest BCUT2D eigenvalue weighted by Crippen LogP contribution is -2.02. The van der Waals surface area contributed by atoms with Gasteiger partial charge in [0.25, 0.3) is 0 Å². The van der Waals surface area contributed by atoms with Crippen molar-refractivity contribution in [2.45, 2.75) is 6.92 Å². The van der Waals surface area contributed by atoms with E-state index in [1.54, 1.807) is 37.4 Å². The highest BCUT2D eigenvalue weighted by atomic mass is 16.5. The van der Waals surface area contributed by atoms with Gasteiger partial charge in [0.2, 0.25) is 0 Å². The molecule has 2 aromatic carbocycles. The number of carbonyl (C=O) groups is 2. The molecule has 0 saturated carbocycles. The summed E-state index contributed by atoms with van der Waals surface area (Å²) in [6.07, 6.45) is 2.67. The van der Waals surface area contributed by atoms with Gasteiger partial charge in [0.1, 0.15) is 5.75 Å². The molecule has 0 N–H and O–H groups in total. The molecule has 0 aliphatic rings. The molecular weight excluding hydrogens is 350 g/mol. The number of aromatic nitrogens is 1. The number of aldehydes is 1. The van der Waals surface area contributed by atoms with E-state index in [9.17, 15) is 9.59 Å². The van der Waals surface area contributed by atoms with Crippen LogP contribution in [0.3, 0.4) is 0 Å². The molecule has 0 amide bonds. The first-order chi connectivity index (χ1) is 13.6. The monoisotopic (exact) mass is 369 g/mol. The predicted molar refractivity (Wildman–Crippen MR) is 109 cm³/mol. The molecule has 2 heterocycles. The van der Waals surface area contributed by atoms with Crippen molar-refractivity contribution in [2.75, 3.05) is 7.11 Å². The molecule has 4 heteroatoms. The van der Waals surface area contributed by atoms with Crippen molar-refractivity contribution in [3.05, 3.63) is 95.2 Å². The van der Waals surface area contributed by atoms with Crippen LogP contribution >= 0.6 is 0 Å². The third-order valence-electron chi connectivity index (χ3n) is 4.89. The highest BCUT2D eigenvalue weighted by Crippen LogP contribution is 2.30. The fraction of sp³-hybridized carbons (Fsp3) is 0.0833. The van der Waals surface area contributed by atoms with Crippen LogP contribution in [-0.4, -0.2) is 23.6 Å². The van der Waals surface area contributed by atoms with Crippen molar-refractivity contribution >= 4 is 17.6 Å². The molecule has 0 saturated heterocycles. The summed E-state index contributed by atoms with van der Waals surface area (Å²) in [5.41, 5.74) is 5.17. The number of hydrogen-bond donors (Lipinski definition) is 0. The quantitative estimate of drug-likeness (QED) is 0.369. The number of pyridine rings is 1. The number of rotatable bonds is 5. The Morgan fingerprint density at radius 2 is 1.71 bits per heavy atom. The number of aryl methyl sites for hydroxylation is 1. The number of fused-ring (bicyclic) bond motifs is 1. The molecule has 4 nitrogen and oxygen atoms in total. The zero-order valence-corrected chi connectivity index (χ0v) is 15.7. The molecule has 0 aliphatic heterocycles. The number of methoxy groups -OCH3 is 1. The Labute approximate surface area is 163 Å². The Balaban J connectivity index is 1.93. The Morgan fingerprint density at radius 3 is 2.36 bits per heavy atom. The number of ketones is 1. The Kier molecular flexibility index (Phi) is 4.53. The summed E-state index contributed by atoms with van der Waals surface area (Å²) in [5.74, 6) is 0.556. The summed E-state index contributed by atoms with van der Waals surface area (Å²) in [6.45, 7) is 2.03. The van der Waals surface area contributed by atoms with Gasteiger partial charge >= 0.3 is 0 Å². The largest absolute Gasteiger partial charge is 0.497 e. The summed E-state index contributed by atoms with van der Waals surface area (Å²) in [5, 5.41) is 0. The third kappa shape index (κ3) is 2.99. The lowest BCUT2D eigenvalue weighted by molar-refractivity contribution is 0.104. The van der Waals surface area contributed by atoms with Crippen molar-refractivity contribution in [3.8, 4) is 17.0 Å². The number of benzene rings is 2. The zero-order valence-electron chi connectivity index (χ0n) is 15.7. The molecule has 0 bridgehead atoms. The van der Waals surface area contributed by atoms with Gasteiger partial charge in [0.15, 0.2) is 12.1 Å². The number of hydrogen-bond acceptors (Lipinski definition) is 3. The fourth-order valence-electron chi connectivity index (χ4n) is 3.40. The van der Waals surface area contributed by atoms with Gasteiger partial charge in [-0.05, 0) is 55.0 Å². The van der Waals surface area contributed by atoms with E-state index in [1.165, 1.54) is 0 Å². The minimum atomic E-state index is -0.132. The Morgan fingerprint density at radius 1 is 1.00 bits per heavy atom. The lowest BCUT2D eigenvalue weighted by Gasteiger charge is -2.06. The summed E-state index contributed by atoms with van der Waals surface area (Å²) in [4.78, 5) is 24.9. The molecule has 0 spiro atoms. The van der Waals surface area contributed by atoms with E-state index in [0.717, 1.165) is 23.1 Å². The second-order valence-electron chi connectivity index (χ2n) is 6.67. The minimum Gasteiger partial charge on any atom is -0.497 e. The molecule has 0 unspecified atom stereocenters. The van der Waals surface area contributed by atoms with Crippen LogP contribution in [0, 0.1) is 6.92 Å². The lowest BCUT2D eigenvalue weighted by atomic mass is 10.0. The van der Waals surface area contributed by atoms with Gasteiger partial charge in [-0.3, -0.25) is 9.59 Å². The summed E-state index contributed by atoms with van der Waals surface area (Å²) in [7, 11) is 1.59. The maximum absolute atomic E-state index is 13.3. The molecule has 138 valence electrons. The van der Waals surface area contributed by atoms with Crippen LogP contribution in [-0.2, 0) is 0 Å². The van der Waals surface area contributed by atoms with Crippen LogP contribution < -0.4 is 4.74 Å². The van der Waals surface area contributed by atoms with Crippen LogP contribution in [0.2, 0.25) is 0 Å². The summed E-state index contributed by atoms with van der Waals surface area (Å²) in [6, 6.07) is 20.5. The Bertz CT molecular complexity index is 1170. The molecule has 0 atom stereocenters. The van der Waals surface area contributed by atoms with Crippen molar-refractivity contribution in [1.29, 1.82) is 0 Å². The first-order valence-corrected chi connectivity index (χ1v) is 8.97. The van der Waals surface area contributed by atoms with Crippen LogP contribution in [0.5, 0.6) is 5.75 Å². The van der Waals surface area contributed by atoms with Crippen LogP contribution in [0.25, 0.3) is 16.8 Å². The van der Waals surface area contributed by atoms with E-state index in [1.807, 2.05) is 53.9 Å². The molecule has 0 aliphatic carbocycles. The normalized spacial score (nSPS) is 10.8. The number of nitrogens with zero attached hydrogens (tertiary/aromatic N) is 1. The fourth-order valence-corrected chi connectivity index (χ4v) is 3.40. The Hall–Kier alpha value is -3.66. The van der Waals surface area contributed by atoms with Gasteiger partial charge in [0, 0.05) is 22.9 Å². The molecule has 0 fully saturated rings. The minimum absolute atomic E-state index is 0.132. The maximum atomic E-state index is 13.3. The van der Waals surface area contributed by atoms with E-state index >= 15 is 0 Å². The zero-order chi connectivity index (χ0) is 19.7. The van der Waals surface area contributed by atoms with E-state index in [0.29, 0.717) is 28.0 Å². The maximum Gasteiger partial charge on any atom is 0.195 e. The van der Waals surface area contributed by atoms with Gasteiger partial charge < -0.3 is 9.14 Å². The second-order valence-corrected chi connectivity index (χ2v) is 6.67. The topological polar surface area (TPSA) is 47.8 Å². The average Bonchev–Trinajstić information content (AvgIpc) is 3.13. The van der Waals surface area contributed by atoms with Crippen molar-refractivity contribution < 1.29 is 14.3 Å². The first kappa shape index (κ1) is 17.7. The average molecular weight is 369 g/mol. The number of ether oxygens (including phenoxy) is 1. The highest BCUT2D eigenvalue weighted by molar-refractivity contribution is 6.16. The van der Waals surface area contributed by atoms with E-state index in [2.05, 4.69) is 0 Å². The molecule has 0 radical (unpaired) electrons. The smallest absolute Gasteiger partial charge is 0.195 e. The molecule has 4 aromatic rings. The SMILES string of the molecule is COc1ccc(C(=O)c2cc(-c3ccc(C)cc3)n3cccc(C=O)c23)cc1. The van der Waals surface area contributed by atoms with Gasteiger partial charge in [-0.25, -0.2) is 0 Å². The van der Waals surface area contributed by atoms with Crippen LogP contribution in [0.15, 0.2) is 72.9 Å². The standard InChI is InChI=1S/C24H19NO3/c1-16-5-7-17(8-6-16)22-14-21(23-19(15-26)4-3-13-25(22)23)24(27)18-9-11-20(28-2)12-10-18/h3-15H,1-2H3. The van der Waals surface area contributed by atoms with Gasteiger partial charge in [-0.1, -0.05) is 29.8 Å². The van der Waals surface area contributed by atoms with Crippen LogP contribution in [0.1, 0.15) is 31.8 Å². The van der Waals surface area contributed by atoms with Gasteiger partial charge in [-0.2, -0.15) is 0 Å². The number of carbonyl (C=O) groups excluding carboxylic acids is 2. The summed E-state index contributed by atoms with van der Waals surface area (Å²) < 4.78 is 7.08. The molecule has 2 aromatic heterocycles. The van der Waals surface area contributed by atoms with Crippen LogP contribution in [0.4, 0.5) is 0 Å². The van der Waals surface area contributed by atoms with Gasteiger partial charge in [-0.15, -0.1) is 0 Å². The molecular formula is C24H19NO3. The highest BCUT2D eigenvalue weighted by Gasteiger charge is 2.20. The van der Waals surface area contributed by atoms with E-state index < -0.39 is 0 Å². The second kappa shape index (κ2) is 7.16. The third-order valence-corrected chi connectivity index (χ3v) is 4.89. The van der Waals surface area contributed by atoms with E-state index in [4.69, 9.17) is 4.74 Å². The predicted octanol–water partition coefficient (Wildman–Crippen LogP) is 4.97. The summed E-state index contributed by atoms with van der Waals surface area (Å²) >= 11 is 0.